The molecule has 0 bridgehead atoms. The van der Waals surface area contributed by atoms with Crippen molar-refractivity contribution in [3.63, 3.8) is 0 Å². The summed E-state index contributed by atoms with van der Waals surface area (Å²) < 4.78 is 29.8. The molecule has 0 nitrogen and oxygen atoms in total. The highest BCUT2D eigenvalue weighted by Crippen LogP contribution is 2.32. The molecular weight excluding hydrogens is 369 g/mol. The van der Waals surface area contributed by atoms with Crippen LogP contribution in [-0.4, -0.2) is 7.85 Å². The highest BCUT2D eigenvalue weighted by molar-refractivity contribution is 7.23. The first-order valence-corrected chi connectivity index (χ1v) is 11.0. The fraction of sp³-hybridized carbons (Fsp3) is 0.417. The van der Waals surface area contributed by atoms with Gasteiger partial charge in [-0.1, -0.05) is 63.0 Å². The highest BCUT2D eigenvalue weighted by Gasteiger charge is 2.17. The Labute approximate surface area is 173 Å². The molecule has 1 aliphatic rings. The summed E-state index contributed by atoms with van der Waals surface area (Å²) in [4.78, 5) is 0.639. The molecule has 1 fully saturated rings. The van der Waals surface area contributed by atoms with Crippen molar-refractivity contribution in [2.45, 2.75) is 59.8 Å². The molecule has 0 amide bonds. The van der Waals surface area contributed by atoms with E-state index in [0.29, 0.717) is 21.1 Å². The van der Waals surface area contributed by atoms with Crippen LogP contribution in [0.15, 0.2) is 42.0 Å². The van der Waals surface area contributed by atoms with E-state index in [1.54, 1.807) is 24.3 Å². The first-order valence-electron chi connectivity index (χ1n) is 10.2. The van der Waals surface area contributed by atoms with Gasteiger partial charge in [0.25, 0.3) is 0 Å². The second-order valence-corrected chi connectivity index (χ2v) is 8.20. The van der Waals surface area contributed by atoms with Crippen molar-refractivity contribution in [2.75, 3.05) is 0 Å². The Morgan fingerprint density at radius 3 is 2.25 bits per heavy atom. The van der Waals surface area contributed by atoms with Crippen LogP contribution in [0.4, 0.5) is 8.78 Å². The van der Waals surface area contributed by atoms with E-state index in [0.717, 1.165) is 5.57 Å². The molecule has 148 valence electrons. The molecule has 0 unspecified atom stereocenters. The normalized spacial score (nSPS) is 15.9. The molecule has 3 rings (SSSR count). The van der Waals surface area contributed by atoms with Gasteiger partial charge >= 0.3 is 0 Å². The SMILES string of the molecule is CC.[B]c1ccc(-c2ccc(/C(C)=C/C=C(\C)C3CCCCC3)c(F)c2F)s1. The van der Waals surface area contributed by atoms with E-state index in [1.165, 1.54) is 49.0 Å². The molecule has 1 aliphatic carbocycles. The van der Waals surface area contributed by atoms with E-state index in [-0.39, 0.29) is 5.56 Å². The average molecular weight is 398 g/mol. The number of hydrogen-bond acceptors (Lipinski definition) is 1. The van der Waals surface area contributed by atoms with E-state index in [2.05, 4.69) is 13.0 Å². The maximum atomic E-state index is 14.6. The summed E-state index contributed by atoms with van der Waals surface area (Å²) in [7, 11) is 5.70. The standard InChI is InChI=1S/C22H23BF2S.C2H6/c1-14(16-6-4-3-5-7-16)8-9-15(2)17-10-11-18(22(25)21(17)24)19-12-13-20(23)26-19;1-2/h8-13,16H,3-7H2,1-2H3;1-2H3/b14-8+,15-9+;. The lowest BCUT2D eigenvalue weighted by molar-refractivity contribution is 0.403. The molecule has 4 heteroatoms. The predicted molar refractivity (Wildman–Crippen MR) is 120 cm³/mol. The Balaban J connectivity index is 0.00000136. The van der Waals surface area contributed by atoms with E-state index in [1.807, 2.05) is 26.8 Å². The first-order chi connectivity index (χ1) is 13.5. The van der Waals surface area contributed by atoms with Gasteiger partial charge in [0, 0.05) is 16.0 Å². The Kier molecular flexibility index (Phi) is 8.69. The minimum absolute atomic E-state index is 0.259. The van der Waals surface area contributed by atoms with Gasteiger partial charge in [-0.15, -0.1) is 0 Å². The van der Waals surface area contributed by atoms with Crippen molar-refractivity contribution >= 4 is 29.5 Å². The summed E-state index contributed by atoms with van der Waals surface area (Å²) in [5.41, 5.74) is 2.63. The van der Waals surface area contributed by atoms with Crippen LogP contribution < -0.4 is 4.78 Å². The van der Waals surface area contributed by atoms with Gasteiger partial charge in [0.15, 0.2) is 11.6 Å². The number of benzene rings is 1. The van der Waals surface area contributed by atoms with Gasteiger partial charge < -0.3 is 0 Å². The summed E-state index contributed by atoms with van der Waals surface area (Å²) in [6.45, 7) is 7.96. The van der Waals surface area contributed by atoms with Gasteiger partial charge in [0.1, 0.15) is 7.85 Å². The molecule has 1 aromatic heterocycles. The fourth-order valence-electron chi connectivity index (χ4n) is 3.58. The van der Waals surface area contributed by atoms with Crippen LogP contribution in [0.1, 0.15) is 65.4 Å². The summed E-state index contributed by atoms with van der Waals surface area (Å²) in [6, 6.07) is 6.71. The minimum atomic E-state index is -0.815. The van der Waals surface area contributed by atoms with Crippen LogP contribution in [0, 0.1) is 17.6 Å². The number of allylic oxidation sites excluding steroid dienone is 4. The molecule has 2 aromatic rings. The van der Waals surface area contributed by atoms with E-state index < -0.39 is 11.6 Å². The summed E-state index contributed by atoms with van der Waals surface area (Å²) in [5.74, 6) is -0.988. The molecule has 0 spiro atoms. The Hall–Kier alpha value is -1.68. The molecule has 1 heterocycles. The monoisotopic (exact) mass is 398 g/mol. The van der Waals surface area contributed by atoms with Crippen LogP contribution >= 0.6 is 11.3 Å². The van der Waals surface area contributed by atoms with Gasteiger partial charge in [-0.3, -0.25) is 0 Å². The molecule has 0 N–H and O–H groups in total. The molecule has 0 aliphatic heterocycles. The second kappa shape index (κ2) is 10.8. The second-order valence-electron chi connectivity index (χ2n) is 7.09. The first kappa shape index (κ1) is 22.6. The number of halogens is 2. The lowest BCUT2D eigenvalue weighted by atomic mass is 9.84. The topological polar surface area (TPSA) is 0 Å². The summed E-state index contributed by atoms with van der Waals surface area (Å²) >= 11 is 1.25. The molecule has 1 saturated carbocycles. The Morgan fingerprint density at radius 1 is 0.964 bits per heavy atom. The highest BCUT2D eigenvalue weighted by atomic mass is 32.1. The third-order valence-electron chi connectivity index (χ3n) is 5.24. The van der Waals surface area contributed by atoms with Crippen molar-refractivity contribution < 1.29 is 8.78 Å². The van der Waals surface area contributed by atoms with Crippen LogP contribution in [-0.2, 0) is 0 Å². The molecular formula is C24H29BF2S. The lowest BCUT2D eigenvalue weighted by Crippen LogP contribution is -2.07. The third kappa shape index (κ3) is 5.44. The van der Waals surface area contributed by atoms with E-state index >= 15 is 0 Å². The van der Waals surface area contributed by atoms with Crippen LogP contribution in [0.5, 0.6) is 0 Å². The minimum Gasteiger partial charge on any atom is -0.203 e. The van der Waals surface area contributed by atoms with Crippen LogP contribution in [0.2, 0.25) is 0 Å². The van der Waals surface area contributed by atoms with Gasteiger partial charge in [-0.2, -0.15) is 11.3 Å². The zero-order valence-corrected chi connectivity index (χ0v) is 18.1. The van der Waals surface area contributed by atoms with Gasteiger partial charge in [-0.05, 0) is 55.1 Å². The van der Waals surface area contributed by atoms with Crippen LogP contribution in [0.25, 0.3) is 16.0 Å². The molecule has 28 heavy (non-hydrogen) atoms. The maximum Gasteiger partial charge on any atom is 0.168 e. The van der Waals surface area contributed by atoms with Crippen molar-refractivity contribution in [2.24, 2.45) is 5.92 Å². The lowest BCUT2D eigenvalue weighted by Gasteiger charge is -2.22. The number of rotatable bonds is 4. The Bertz CT molecular complexity index is 842. The summed E-state index contributed by atoms with van der Waals surface area (Å²) in [6.07, 6.45) is 10.3. The smallest absolute Gasteiger partial charge is 0.168 e. The zero-order valence-electron chi connectivity index (χ0n) is 17.3. The third-order valence-corrected chi connectivity index (χ3v) is 6.19. The quantitative estimate of drug-likeness (QED) is 0.371. The zero-order chi connectivity index (χ0) is 20.7. The number of thiophene rings is 1. The largest absolute Gasteiger partial charge is 0.203 e. The fourth-order valence-corrected chi connectivity index (χ4v) is 4.38. The predicted octanol–water partition coefficient (Wildman–Crippen LogP) is 7.44. The van der Waals surface area contributed by atoms with Gasteiger partial charge in [0.2, 0.25) is 0 Å². The van der Waals surface area contributed by atoms with Gasteiger partial charge in [-0.25, -0.2) is 8.78 Å². The van der Waals surface area contributed by atoms with E-state index in [9.17, 15) is 8.78 Å². The molecule has 1 aromatic carbocycles. The van der Waals surface area contributed by atoms with Crippen molar-refractivity contribution in [1.29, 1.82) is 0 Å². The van der Waals surface area contributed by atoms with Crippen molar-refractivity contribution in [3.8, 4) is 10.4 Å². The number of hydrogen-bond donors (Lipinski definition) is 0. The van der Waals surface area contributed by atoms with Crippen molar-refractivity contribution in [1.82, 2.24) is 0 Å². The average Bonchev–Trinajstić information content (AvgIpc) is 3.16. The van der Waals surface area contributed by atoms with E-state index in [4.69, 9.17) is 7.85 Å². The molecule has 0 atom stereocenters. The summed E-state index contributed by atoms with van der Waals surface area (Å²) in [5, 5.41) is 0. The van der Waals surface area contributed by atoms with Crippen LogP contribution in [0.3, 0.4) is 0 Å². The van der Waals surface area contributed by atoms with Crippen molar-refractivity contribution in [3.05, 3.63) is 59.2 Å². The molecule has 0 saturated heterocycles. The Morgan fingerprint density at radius 2 is 1.64 bits per heavy atom. The van der Waals surface area contributed by atoms with Gasteiger partial charge in [0.05, 0.1) is 0 Å². The molecule has 2 radical (unpaired) electrons. The maximum absolute atomic E-state index is 14.6.